The first-order valence-electron chi connectivity index (χ1n) is 6.06. The van der Waals surface area contributed by atoms with E-state index in [4.69, 9.17) is 16.3 Å². The third-order valence-electron chi connectivity index (χ3n) is 2.91. The molecule has 0 saturated heterocycles. The summed E-state index contributed by atoms with van der Waals surface area (Å²) in [7, 11) is 1.66. The summed E-state index contributed by atoms with van der Waals surface area (Å²) in [5.74, 6) is 1.60. The van der Waals surface area contributed by atoms with Crippen LogP contribution in [-0.2, 0) is 0 Å². The smallest absolute Gasteiger partial charge is 0.224 e. The molecule has 0 bridgehead atoms. The molecule has 0 spiro atoms. The van der Waals surface area contributed by atoms with Gasteiger partial charge in [-0.2, -0.15) is 0 Å². The monoisotopic (exact) mass is 277 g/mol. The fourth-order valence-corrected chi connectivity index (χ4v) is 2.08. The van der Waals surface area contributed by atoms with Gasteiger partial charge >= 0.3 is 0 Å². The van der Waals surface area contributed by atoms with E-state index in [2.05, 4.69) is 28.7 Å². The highest BCUT2D eigenvalue weighted by atomic mass is 35.5. The highest BCUT2D eigenvalue weighted by Crippen LogP contribution is 2.30. The molecule has 1 heterocycles. The van der Waals surface area contributed by atoms with Gasteiger partial charge in [-0.1, -0.05) is 6.07 Å². The molecule has 1 aromatic carbocycles. The van der Waals surface area contributed by atoms with Crippen LogP contribution < -0.4 is 9.64 Å². The summed E-state index contributed by atoms with van der Waals surface area (Å²) in [6, 6.07) is 7.81. The topological polar surface area (TPSA) is 38.2 Å². The van der Waals surface area contributed by atoms with Crippen molar-refractivity contribution >= 4 is 23.1 Å². The van der Waals surface area contributed by atoms with Gasteiger partial charge in [0.1, 0.15) is 11.6 Å². The molecule has 0 unspecified atom stereocenters. The lowest BCUT2D eigenvalue weighted by molar-refractivity contribution is 0.415. The molecule has 0 fully saturated rings. The normalized spacial score (nSPS) is 10.3. The van der Waals surface area contributed by atoms with Crippen LogP contribution in [0.15, 0.2) is 30.5 Å². The van der Waals surface area contributed by atoms with Crippen molar-refractivity contribution in [2.75, 3.05) is 18.6 Å². The second kappa shape index (κ2) is 5.89. The lowest BCUT2D eigenvalue weighted by Gasteiger charge is -2.24. The summed E-state index contributed by atoms with van der Waals surface area (Å²) in [5, 5.41) is 0.247. The van der Waals surface area contributed by atoms with E-state index >= 15 is 0 Å². The first-order valence-corrected chi connectivity index (χ1v) is 6.44. The summed E-state index contributed by atoms with van der Waals surface area (Å²) in [4.78, 5) is 10.2. The molecular formula is C14H16ClN3O. The maximum Gasteiger partial charge on any atom is 0.224 e. The average molecular weight is 278 g/mol. The fraction of sp³-hybridized carbons (Fsp3) is 0.286. The molecule has 4 nitrogen and oxygen atoms in total. The third-order valence-corrected chi connectivity index (χ3v) is 3.09. The molecule has 1 aromatic heterocycles. The van der Waals surface area contributed by atoms with E-state index in [-0.39, 0.29) is 5.28 Å². The van der Waals surface area contributed by atoms with Crippen molar-refractivity contribution in [3.05, 3.63) is 41.3 Å². The molecule has 5 heteroatoms. The minimum Gasteiger partial charge on any atom is -0.497 e. The molecule has 0 saturated carbocycles. The standard InChI is InChI=1S/C14H16ClN3O/c1-4-18(13-7-8-16-14(15)17-13)12-9-11(19-3)6-5-10(12)2/h5-9H,4H2,1-3H3. The van der Waals surface area contributed by atoms with Gasteiger partial charge in [0, 0.05) is 24.5 Å². The molecule has 0 radical (unpaired) electrons. The van der Waals surface area contributed by atoms with E-state index in [0.29, 0.717) is 0 Å². The minimum atomic E-state index is 0.247. The maximum absolute atomic E-state index is 5.86. The van der Waals surface area contributed by atoms with Crippen molar-refractivity contribution in [1.29, 1.82) is 0 Å². The number of nitrogens with zero attached hydrogens (tertiary/aromatic N) is 3. The fourth-order valence-electron chi connectivity index (χ4n) is 1.94. The molecule has 0 amide bonds. The number of methoxy groups -OCH3 is 1. The number of hydrogen-bond acceptors (Lipinski definition) is 4. The summed E-state index contributed by atoms with van der Waals surface area (Å²) in [6.45, 7) is 4.90. The van der Waals surface area contributed by atoms with Crippen molar-refractivity contribution in [3.8, 4) is 5.75 Å². The Labute approximate surface area is 118 Å². The second-order valence-electron chi connectivity index (χ2n) is 4.08. The number of hydrogen-bond donors (Lipinski definition) is 0. The van der Waals surface area contributed by atoms with Crippen molar-refractivity contribution in [1.82, 2.24) is 9.97 Å². The van der Waals surface area contributed by atoms with E-state index in [1.165, 1.54) is 0 Å². The van der Waals surface area contributed by atoms with Crippen LogP contribution in [0.25, 0.3) is 0 Å². The molecule has 0 atom stereocenters. The lowest BCUT2D eigenvalue weighted by Crippen LogP contribution is -2.18. The number of benzene rings is 1. The summed E-state index contributed by atoms with van der Waals surface area (Å²) < 4.78 is 5.28. The summed E-state index contributed by atoms with van der Waals surface area (Å²) in [5.41, 5.74) is 2.20. The van der Waals surface area contributed by atoms with Crippen LogP contribution in [0.4, 0.5) is 11.5 Å². The largest absolute Gasteiger partial charge is 0.497 e. The Morgan fingerprint density at radius 3 is 2.74 bits per heavy atom. The van der Waals surface area contributed by atoms with Crippen molar-refractivity contribution in [2.45, 2.75) is 13.8 Å². The second-order valence-corrected chi connectivity index (χ2v) is 4.42. The van der Waals surface area contributed by atoms with Crippen LogP contribution in [0.1, 0.15) is 12.5 Å². The van der Waals surface area contributed by atoms with Crippen LogP contribution in [-0.4, -0.2) is 23.6 Å². The highest BCUT2D eigenvalue weighted by molar-refractivity contribution is 6.28. The number of aromatic nitrogens is 2. The molecule has 0 aliphatic heterocycles. The van der Waals surface area contributed by atoms with Crippen molar-refractivity contribution in [3.63, 3.8) is 0 Å². The average Bonchev–Trinajstić information content (AvgIpc) is 2.42. The molecule has 100 valence electrons. The van der Waals surface area contributed by atoms with E-state index in [1.807, 2.05) is 24.3 Å². The molecule has 2 rings (SSSR count). The van der Waals surface area contributed by atoms with Gasteiger partial charge in [0.25, 0.3) is 0 Å². The molecule has 0 aliphatic rings. The van der Waals surface area contributed by atoms with E-state index in [9.17, 15) is 0 Å². The Hall–Kier alpha value is -1.81. The van der Waals surface area contributed by atoms with Gasteiger partial charge in [-0.25, -0.2) is 9.97 Å². The molecule has 2 aromatic rings. The Morgan fingerprint density at radius 1 is 1.32 bits per heavy atom. The Morgan fingerprint density at radius 2 is 2.11 bits per heavy atom. The number of halogens is 1. The zero-order valence-corrected chi connectivity index (χ0v) is 12.0. The van der Waals surface area contributed by atoms with Crippen molar-refractivity contribution in [2.24, 2.45) is 0 Å². The van der Waals surface area contributed by atoms with Gasteiger partial charge in [-0.05, 0) is 43.1 Å². The molecular weight excluding hydrogens is 262 g/mol. The van der Waals surface area contributed by atoms with Crippen molar-refractivity contribution < 1.29 is 4.74 Å². The highest BCUT2D eigenvalue weighted by Gasteiger charge is 2.12. The number of aryl methyl sites for hydroxylation is 1. The third kappa shape index (κ3) is 2.96. The minimum absolute atomic E-state index is 0.247. The first-order chi connectivity index (χ1) is 9.15. The predicted octanol–water partition coefficient (Wildman–Crippen LogP) is 3.61. The quantitative estimate of drug-likeness (QED) is 0.800. The number of anilines is 2. The summed E-state index contributed by atoms with van der Waals surface area (Å²) in [6.07, 6.45) is 1.66. The summed E-state index contributed by atoms with van der Waals surface area (Å²) >= 11 is 5.86. The zero-order valence-electron chi connectivity index (χ0n) is 11.2. The van der Waals surface area contributed by atoms with Gasteiger partial charge in [-0.15, -0.1) is 0 Å². The Kier molecular flexibility index (Phi) is 4.22. The first kappa shape index (κ1) is 13.6. The van der Waals surface area contributed by atoms with Crippen LogP contribution in [0.3, 0.4) is 0 Å². The molecule has 19 heavy (non-hydrogen) atoms. The van der Waals surface area contributed by atoms with Gasteiger partial charge in [0.2, 0.25) is 5.28 Å². The van der Waals surface area contributed by atoms with Crippen LogP contribution in [0.5, 0.6) is 5.75 Å². The van der Waals surface area contributed by atoms with Gasteiger partial charge in [0.05, 0.1) is 7.11 Å². The van der Waals surface area contributed by atoms with Crippen LogP contribution in [0.2, 0.25) is 5.28 Å². The predicted molar refractivity (Wildman–Crippen MR) is 77.5 cm³/mol. The number of rotatable bonds is 4. The Bertz CT molecular complexity index is 574. The lowest BCUT2D eigenvalue weighted by atomic mass is 10.1. The molecule has 0 N–H and O–H groups in total. The van der Waals surface area contributed by atoms with Gasteiger partial charge in [-0.3, -0.25) is 0 Å². The zero-order chi connectivity index (χ0) is 13.8. The van der Waals surface area contributed by atoms with E-state index < -0.39 is 0 Å². The van der Waals surface area contributed by atoms with E-state index in [1.54, 1.807) is 13.3 Å². The van der Waals surface area contributed by atoms with Gasteiger partial charge in [0.15, 0.2) is 0 Å². The Balaban J connectivity index is 2.47. The molecule has 0 aliphatic carbocycles. The van der Waals surface area contributed by atoms with E-state index in [0.717, 1.165) is 29.4 Å². The van der Waals surface area contributed by atoms with Crippen LogP contribution in [0, 0.1) is 6.92 Å². The SMILES string of the molecule is CCN(c1ccnc(Cl)n1)c1cc(OC)ccc1C. The number of ether oxygens (including phenoxy) is 1. The van der Waals surface area contributed by atoms with Gasteiger partial charge < -0.3 is 9.64 Å². The van der Waals surface area contributed by atoms with Crippen LogP contribution >= 0.6 is 11.6 Å². The maximum atomic E-state index is 5.86.